The number of carboxylic acid groups (broad SMARTS) is 1. The van der Waals surface area contributed by atoms with E-state index in [0.717, 1.165) is 18.5 Å². The summed E-state index contributed by atoms with van der Waals surface area (Å²) in [5, 5.41) is 16.1. The van der Waals surface area contributed by atoms with E-state index in [2.05, 4.69) is 10.4 Å². The lowest BCUT2D eigenvalue weighted by Crippen LogP contribution is -2.40. The first-order valence-corrected chi connectivity index (χ1v) is 7.81. The smallest absolute Gasteiger partial charge is 0.326 e. The van der Waals surface area contributed by atoms with E-state index in [-0.39, 0.29) is 12.5 Å². The average Bonchev–Trinajstić information content (AvgIpc) is 2.93. The van der Waals surface area contributed by atoms with Gasteiger partial charge in [0.25, 0.3) is 5.91 Å². The second kappa shape index (κ2) is 7.92. The van der Waals surface area contributed by atoms with Gasteiger partial charge in [0.1, 0.15) is 6.04 Å². The quantitative estimate of drug-likeness (QED) is 0.778. The second-order valence-corrected chi connectivity index (χ2v) is 5.60. The fourth-order valence-corrected chi connectivity index (χ4v) is 2.67. The van der Waals surface area contributed by atoms with Gasteiger partial charge < -0.3 is 15.2 Å². The van der Waals surface area contributed by atoms with Crippen LogP contribution in [0.4, 0.5) is 0 Å². The third-order valence-electron chi connectivity index (χ3n) is 4.04. The lowest BCUT2D eigenvalue weighted by molar-refractivity contribution is -0.139. The number of carbonyl (C=O) groups is 2. The Morgan fingerprint density at radius 2 is 2.22 bits per heavy atom. The monoisotopic (exact) mass is 321 g/mol. The number of aliphatic carboxylic acids is 1. The Morgan fingerprint density at radius 3 is 2.83 bits per heavy atom. The van der Waals surface area contributed by atoms with Crippen molar-refractivity contribution < 1.29 is 19.4 Å². The first-order chi connectivity index (χ1) is 11.0. The highest BCUT2D eigenvalue weighted by molar-refractivity contribution is 5.97. The van der Waals surface area contributed by atoms with Gasteiger partial charge in [-0.1, -0.05) is 12.2 Å². The highest BCUT2D eigenvalue weighted by Crippen LogP contribution is 2.23. The largest absolute Gasteiger partial charge is 0.480 e. The molecule has 0 spiro atoms. The van der Waals surface area contributed by atoms with Crippen LogP contribution in [0.1, 0.15) is 48.3 Å². The summed E-state index contributed by atoms with van der Waals surface area (Å²) in [4.78, 5) is 23.6. The summed E-state index contributed by atoms with van der Waals surface area (Å²) in [5.74, 6) is -1.45. The molecule has 7 nitrogen and oxygen atoms in total. The van der Waals surface area contributed by atoms with E-state index in [4.69, 9.17) is 4.74 Å². The molecule has 1 aliphatic heterocycles. The third-order valence-corrected chi connectivity index (χ3v) is 4.04. The molecule has 1 amide bonds. The summed E-state index contributed by atoms with van der Waals surface area (Å²) in [6.07, 6.45) is 6.97. The first-order valence-electron chi connectivity index (χ1n) is 7.81. The summed E-state index contributed by atoms with van der Waals surface area (Å²) in [7, 11) is 0. The van der Waals surface area contributed by atoms with Gasteiger partial charge in [0.15, 0.2) is 0 Å². The Morgan fingerprint density at radius 1 is 1.52 bits per heavy atom. The molecule has 2 rings (SSSR count). The molecule has 1 atom stereocenters. The molecule has 1 aliphatic rings. The van der Waals surface area contributed by atoms with E-state index in [1.807, 2.05) is 18.5 Å². The number of nitrogens with zero attached hydrogens (tertiary/aromatic N) is 2. The Labute approximate surface area is 135 Å². The number of hydrogen-bond acceptors (Lipinski definition) is 4. The van der Waals surface area contributed by atoms with Crippen molar-refractivity contribution in [3.63, 3.8) is 0 Å². The van der Waals surface area contributed by atoms with Crippen molar-refractivity contribution >= 4 is 11.9 Å². The molecule has 2 N–H and O–H groups in total. The minimum atomic E-state index is -1.05. The van der Waals surface area contributed by atoms with Gasteiger partial charge in [0.05, 0.1) is 17.8 Å². The Balaban J connectivity index is 2.10. The molecule has 0 bridgehead atoms. The molecule has 0 radical (unpaired) electrons. The minimum Gasteiger partial charge on any atom is -0.480 e. The standard InChI is InChI=1S/C16H23N3O4/c1-3-4-5-14(16(21)22)18-15(20)13-10-17-19(11(13)2)12-6-8-23-9-7-12/h3-4,10,12,14H,5-9H2,1-2H3,(H,18,20)(H,21,22)/b4-3+. The van der Waals surface area contributed by atoms with Crippen molar-refractivity contribution in [1.29, 1.82) is 0 Å². The molecule has 0 aromatic carbocycles. The predicted octanol–water partition coefficient (Wildman–Crippen LogP) is 1.69. The Hall–Kier alpha value is -2.15. The number of hydrogen-bond donors (Lipinski definition) is 2. The van der Waals surface area contributed by atoms with Crippen molar-refractivity contribution in [2.75, 3.05) is 13.2 Å². The lowest BCUT2D eigenvalue weighted by Gasteiger charge is -2.23. The van der Waals surface area contributed by atoms with Crippen LogP contribution < -0.4 is 5.32 Å². The van der Waals surface area contributed by atoms with Crippen LogP contribution in [0.25, 0.3) is 0 Å². The highest BCUT2D eigenvalue weighted by Gasteiger charge is 2.24. The molecule has 126 valence electrons. The van der Waals surface area contributed by atoms with E-state index in [9.17, 15) is 14.7 Å². The second-order valence-electron chi connectivity index (χ2n) is 5.60. The van der Waals surface area contributed by atoms with Gasteiger partial charge in [-0.25, -0.2) is 4.79 Å². The lowest BCUT2D eigenvalue weighted by atomic mass is 10.1. The maximum atomic E-state index is 12.4. The van der Waals surface area contributed by atoms with Crippen molar-refractivity contribution in [3.8, 4) is 0 Å². The Bertz CT molecular complexity index is 588. The zero-order valence-corrected chi connectivity index (χ0v) is 13.5. The van der Waals surface area contributed by atoms with Gasteiger partial charge in [0, 0.05) is 18.9 Å². The fraction of sp³-hybridized carbons (Fsp3) is 0.562. The summed E-state index contributed by atoms with van der Waals surface area (Å²) in [5.41, 5.74) is 1.17. The summed E-state index contributed by atoms with van der Waals surface area (Å²) in [6.45, 7) is 5.02. The van der Waals surface area contributed by atoms with Crippen molar-refractivity contribution in [2.45, 2.75) is 45.2 Å². The zero-order chi connectivity index (χ0) is 16.8. The van der Waals surface area contributed by atoms with Crippen LogP contribution in [-0.4, -0.2) is 46.0 Å². The number of aromatic nitrogens is 2. The van der Waals surface area contributed by atoms with Crippen LogP contribution in [0, 0.1) is 6.92 Å². The van der Waals surface area contributed by atoms with Crippen molar-refractivity contribution in [1.82, 2.24) is 15.1 Å². The number of rotatable bonds is 6. The third kappa shape index (κ3) is 4.19. The predicted molar refractivity (Wildman–Crippen MR) is 84.4 cm³/mol. The van der Waals surface area contributed by atoms with Gasteiger partial charge in [-0.2, -0.15) is 5.10 Å². The van der Waals surface area contributed by atoms with Gasteiger partial charge in [-0.05, 0) is 33.1 Å². The van der Waals surface area contributed by atoms with E-state index in [0.29, 0.717) is 18.8 Å². The number of allylic oxidation sites excluding steroid dienone is 1. The van der Waals surface area contributed by atoms with Gasteiger partial charge in [-0.3, -0.25) is 9.48 Å². The molecule has 1 unspecified atom stereocenters. The molecule has 0 aliphatic carbocycles. The van der Waals surface area contributed by atoms with Crippen LogP contribution in [0.5, 0.6) is 0 Å². The molecule has 23 heavy (non-hydrogen) atoms. The molecule has 1 saturated heterocycles. The van der Waals surface area contributed by atoms with Crippen LogP contribution >= 0.6 is 0 Å². The molecule has 1 aromatic rings. The molecule has 7 heteroatoms. The van der Waals surface area contributed by atoms with E-state index >= 15 is 0 Å². The molecular formula is C16H23N3O4. The zero-order valence-electron chi connectivity index (χ0n) is 13.5. The first kappa shape index (κ1) is 17.2. The van der Waals surface area contributed by atoms with Gasteiger partial charge >= 0.3 is 5.97 Å². The topological polar surface area (TPSA) is 93.5 Å². The maximum Gasteiger partial charge on any atom is 0.326 e. The van der Waals surface area contributed by atoms with Crippen LogP contribution in [0.3, 0.4) is 0 Å². The van der Waals surface area contributed by atoms with Gasteiger partial charge in [0.2, 0.25) is 0 Å². The number of amides is 1. The SMILES string of the molecule is C/C=C/CC(NC(=O)c1cnn(C2CCOCC2)c1C)C(=O)O. The Kier molecular flexibility index (Phi) is 5.92. The molecule has 2 heterocycles. The maximum absolute atomic E-state index is 12.4. The molecule has 1 fully saturated rings. The average molecular weight is 321 g/mol. The molecule has 1 aromatic heterocycles. The van der Waals surface area contributed by atoms with E-state index < -0.39 is 17.9 Å². The van der Waals surface area contributed by atoms with Crippen molar-refractivity contribution in [2.24, 2.45) is 0 Å². The number of carbonyl (C=O) groups excluding carboxylic acids is 1. The summed E-state index contributed by atoms with van der Waals surface area (Å²) >= 11 is 0. The van der Waals surface area contributed by atoms with E-state index in [1.54, 1.807) is 12.2 Å². The number of nitrogens with one attached hydrogen (secondary N) is 1. The molecule has 0 saturated carbocycles. The van der Waals surface area contributed by atoms with Crippen LogP contribution in [0.15, 0.2) is 18.3 Å². The molecular weight excluding hydrogens is 298 g/mol. The fourth-order valence-electron chi connectivity index (χ4n) is 2.67. The summed E-state index contributed by atoms with van der Waals surface area (Å²) < 4.78 is 7.19. The van der Waals surface area contributed by atoms with Crippen LogP contribution in [-0.2, 0) is 9.53 Å². The van der Waals surface area contributed by atoms with Crippen LogP contribution in [0.2, 0.25) is 0 Å². The minimum absolute atomic E-state index is 0.226. The number of ether oxygens (including phenoxy) is 1. The van der Waals surface area contributed by atoms with Crippen molar-refractivity contribution in [3.05, 3.63) is 29.6 Å². The summed E-state index contributed by atoms with van der Waals surface area (Å²) in [6, 6.07) is -0.715. The van der Waals surface area contributed by atoms with Gasteiger partial charge in [-0.15, -0.1) is 0 Å². The number of carboxylic acids is 1. The normalized spacial score (nSPS) is 17.3. The van der Waals surface area contributed by atoms with E-state index in [1.165, 1.54) is 6.20 Å². The highest BCUT2D eigenvalue weighted by atomic mass is 16.5.